The van der Waals surface area contributed by atoms with E-state index in [-0.39, 0.29) is 5.97 Å². The highest BCUT2D eigenvalue weighted by Gasteiger charge is 2.18. The van der Waals surface area contributed by atoms with Crippen LogP contribution in [0.15, 0.2) is 28.7 Å². The minimum atomic E-state index is -0.280. The van der Waals surface area contributed by atoms with Crippen LogP contribution in [0.4, 0.5) is 0 Å². The molecule has 2 rings (SSSR count). The summed E-state index contributed by atoms with van der Waals surface area (Å²) in [7, 11) is 1.40. The third-order valence-electron chi connectivity index (χ3n) is 2.60. The summed E-state index contributed by atoms with van der Waals surface area (Å²) in [6.07, 6.45) is 3.48. The van der Waals surface area contributed by atoms with Gasteiger partial charge in [-0.1, -0.05) is 28.1 Å². The maximum atomic E-state index is 11.2. The number of hydrogen-bond donors (Lipinski definition) is 0. The van der Waals surface area contributed by atoms with Crippen LogP contribution in [-0.2, 0) is 16.0 Å². The van der Waals surface area contributed by atoms with Crippen LogP contribution in [0, 0.1) is 0 Å². The summed E-state index contributed by atoms with van der Waals surface area (Å²) >= 11 is 3.51. The largest absolute Gasteiger partial charge is 0.466 e. The zero-order valence-corrected chi connectivity index (χ0v) is 10.0. The fraction of sp³-hybridized carbons (Fsp3) is 0.250. The third-order valence-corrected chi connectivity index (χ3v) is 3.35. The first-order chi connectivity index (χ1) is 7.22. The number of ether oxygens (including phenoxy) is 1. The van der Waals surface area contributed by atoms with Gasteiger partial charge in [0.25, 0.3) is 0 Å². The molecule has 0 heterocycles. The van der Waals surface area contributed by atoms with Crippen molar-refractivity contribution >= 4 is 27.5 Å². The number of benzene rings is 1. The van der Waals surface area contributed by atoms with E-state index in [0.29, 0.717) is 0 Å². The van der Waals surface area contributed by atoms with Gasteiger partial charge in [0.2, 0.25) is 0 Å². The van der Waals surface area contributed by atoms with Crippen LogP contribution < -0.4 is 0 Å². The summed E-state index contributed by atoms with van der Waals surface area (Å²) < 4.78 is 5.75. The monoisotopic (exact) mass is 266 g/mol. The molecule has 0 amide bonds. The molecule has 0 saturated carbocycles. The lowest BCUT2D eigenvalue weighted by Gasteiger charge is -2.02. The first-order valence-corrected chi connectivity index (χ1v) is 5.58. The molecule has 1 aromatic rings. The molecule has 0 aromatic heterocycles. The van der Waals surface area contributed by atoms with Crippen molar-refractivity contribution in [3.05, 3.63) is 39.9 Å². The van der Waals surface area contributed by atoms with E-state index in [1.165, 1.54) is 12.7 Å². The van der Waals surface area contributed by atoms with Gasteiger partial charge < -0.3 is 4.74 Å². The molecule has 0 bridgehead atoms. The van der Waals surface area contributed by atoms with Gasteiger partial charge in [0.05, 0.1) is 7.11 Å². The van der Waals surface area contributed by atoms with Crippen molar-refractivity contribution in [3.63, 3.8) is 0 Å². The van der Waals surface area contributed by atoms with E-state index in [2.05, 4.69) is 20.7 Å². The average molecular weight is 267 g/mol. The van der Waals surface area contributed by atoms with Gasteiger partial charge in [0, 0.05) is 10.5 Å². The molecule has 2 nitrogen and oxygen atoms in total. The molecule has 0 saturated heterocycles. The van der Waals surface area contributed by atoms with Gasteiger partial charge in [0.15, 0.2) is 0 Å². The van der Waals surface area contributed by atoms with Crippen LogP contribution in [0.1, 0.15) is 17.5 Å². The summed E-state index contributed by atoms with van der Waals surface area (Å²) in [6.45, 7) is 0. The van der Waals surface area contributed by atoms with Crippen LogP contribution in [0.5, 0.6) is 0 Å². The number of fused-ring (bicyclic) bond motifs is 1. The Morgan fingerprint density at radius 2 is 2.27 bits per heavy atom. The van der Waals surface area contributed by atoms with Gasteiger partial charge in [-0.25, -0.2) is 4.79 Å². The Kier molecular flexibility index (Phi) is 2.91. The summed E-state index contributed by atoms with van der Waals surface area (Å²) in [4.78, 5) is 11.2. The van der Waals surface area contributed by atoms with Crippen LogP contribution in [0.25, 0.3) is 5.57 Å². The Morgan fingerprint density at radius 3 is 3.00 bits per heavy atom. The summed E-state index contributed by atoms with van der Waals surface area (Å²) in [5.74, 6) is -0.280. The number of carbonyl (C=O) groups is 1. The number of rotatable bonds is 1. The predicted molar refractivity (Wildman–Crippen MR) is 62.5 cm³/mol. The van der Waals surface area contributed by atoms with Crippen molar-refractivity contribution in [2.45, 2.75) is 12.8 Å². The van der Waals surface area contributed by atoms with Gasteiger partial charge in [-0.05, 0) is 35.6 Å². The second-order valence-corrected chi connectivity index (χ2v) is 4.31. The molecule has 15 heavy (non-hydrogen) atoms. The molecular formula is C12H11BrO2. The zero-order chi connectivity index (χ0) is 10.8. The molecule has 0 fully saturated rings. The number of esters is 1. The lowest BCUT2D eigenvalue weighted by molar-refractivity contribution is -0.134. The average Bonchev–Trinajstić information content (AvgIpc) is 2.63. The first kappa shape index (κ1) is 10.4. The summed E-state index contributed by atoms with van der Waals surface area (Å²) in [5, 5.41) is 0. The molecule has 1 aliphatic rings. The molecule has 0 spiro atoms. The smallest absolute Gasteiger partial charge is 0.330 e. The van der Waals surface area contributed by atoms with Gasteiger partial charge in [0.1, 0.15) is 0 Å². The fourth-order valence-electron chi connectivity index (χ4n) is 1.86. The van der Waals surface area contributed by atoms with Crippen molar-refractivity contribution in [1.82, 2.24) is 0 Å². The SMILES string of the molecule is COC(=O)/C=C1\CCc2c(Br)cccc21. The maximum absolute atomic E-state index is 11.2. The van der Waals surface area contributed by atoms with Gasteiger partial charge in [-0.15, -0.1) is 0 Å². The number of halogens is 1. The number of hydrogen-bond acceptors (Lipinski definition) is 2. The molecule has 3 heteroatoms. The molecule has 0 N–H and O–H groups in total. The molecule has 0 atom stereocenters. The summed E-state index contributed by atoms with van der Waals surface area (Å²) in [6, 6.07) is 6.06. The number of allylic oxidation sites excluding steroid dienone is 1. The third kappa shape index (κ3) is 1.97. The molecule has 0 unspecified atom stereocenters. The van der Waals surface area contributed by atoms with E-state index in [1.807, 2.05) is 18.2 Å². The highest BCUT2D eigenvalue weighted by Crippen LogP contribution is 2.36. The second-order valence-electron chi connectivity index (χ2n) is 3.46. The van der Waals surface area contributed by atoms with Gasteiger partial charge in [-0.2, -0.15) is 0 Å². The Balaban J connectivity index is 2.41. The first-order valence-electron chi connectivity index (χ1n) is 4.78. The van der Waals surface area contributed by atoms with Crippen LogP contribution >= 0.6 is 15.9 Å². The molecule has 0 aliphatic heterocycles. The number of carbonyl (C=O) groups excluding carboxylic acids is 1. The van der Waals surface area contributed by atoms with Crippen molar-refractivity contribution in [3.8, 4) is 0 Å². The Hall–Kier alpha value is -1.09. The number of methoxy groups -OCH3 is 1. The van der Waals surface area contributed by atoms with Crippen molar-refractivity contribution < 1.29 is 9.53 Å². The maximum Gasteiger partial charge on any atom is 0.330 e. The predicted octanol–water partition coefficient (Wildman–Crippen LogP) is 2.95. The van der Waals surface area contributed by atoms with Gasteiger partial charge >= 0.3 is 5.97 Å². The van der Waals surface area contributed by atoms with E-state index >= 15 is 0 Å². The van der Waals surface area contributed by atoms with Crippen LogP contribution in [0.2, 0.25) is 0 Å². The minimum Gasteiger partial charge on any atom is -0.466 e. The Labute approximate surface area is 97.1 Å². The van der Waals surface area contributed by atoms with E-state index in [4.69, 9.17) is 0 Å². The Morgan fingerprint density at radius 1 is 1.47 bits per heavy atom. The molecule has 1 aromatic carbocycles. The van der Waals surface area contributed by atoms with E-state index in [0.717, 1.165) is 28.5 Å². The topological polar surface area (TPSA) is 26.3 Å². The fourth-order valence-corrected chi connectivity index (χ4v) is 2.42. The zero-order valence-electron chi connectivity index (χ0n) is 8.42. The van der Waals surface area contributed by atoms with Crippen LogP contribution in [-0.4, -0.2) is 13.1 Å². The molecule has 78 valence electrons. The highest BCUT2D eigenvalue weighted by atomic mass is 79.9. The quantitative estimate of drug-likeness (QED) is 0.577. The van der Waals surface area contributed by atoms with Crippen molar-refractivity contribution in [2.75, 3.05) is 7.11 Å². The van der Waals surface area contributed by atoms with E-state index in [9.17, 15) is 4.79 Å². The van der Waals surface area contributed by atoms with Crippen molar-refractivity contribution in [2.24, 2.45) is 0 Å². The lowest BCUT2D eigenvalue weighted by Crippen LogP contribution is -1.95. The van der Waals surface area contributed by atoms with E-state index in [1.54, 1.807) is 6.08 Å². The van der Waals surface area contributed by atoms with Gasteiger partial charge in [-0.3, -0.25) is 0 Å². The summed E-state index contributed by atoms with van der Waals surface area (Å²) in [5.41, 5.74) is 3.51. The molecular weight excluding hydrogens is 256 g/mol. The molecule has 0 radical (unpaired) electrons. The van der Waals surface area contributed by atoms with Crippen LogP contribution in [0.3, 0.4) is 0 Å². The minimum absolute atomic E-state index is 0.280. The highest BCUT2D eigenvalue weighted by molar-refractivity contribution is 9.10. The van der Waals surface area contributed by atoms with E-state index < -0.39 is 0 Å². The standard InChI is InChI=1S/C12H11BrO2/c1-15-12(14)7-8-5-6-10-9(8)3-2-4-11(10)13/h2-4,7H,5-6H2,1H3/b8-7+. The second kappa shape index (κ2) is 4.19. The lowest BCUT2D eigenvalue weighted by atomic mass is 10.1. The normalized spacial score (nSPS) is 16.5. The Bertz CT molecular complexity index is 435. The van der Waals surface area contributed by atoms with Crippen molar-refractivity contribution in [1.29, 1.82) is 0 Å². The molecule has 1 aliphatic carbocycles.